The van der Waals surface area contributed by atoms with E-state index < -0.39 is 23.0 Å². The van der Waals surface area contributed by atoms with Crippen molar-refractivity contribution in [2.75, 3.05) is 0 Å². The molecule has 0 saturated carbocycles. The molecule has 2 unspecified atom stereocenters. The third-order valence-electron chi connectivity index (χ3n) is 2.62. The van der Waals surface area contributed by atoms with Crippen LogP contribution >= 0.6 is 0 Å². The first-order valence-corrected chi connectivity index (χ1v) is 5.86. The molecule has 21 heavy (non-hydrogen) atoms. The predicted molar refractivity (Wildman–Crippen MR) is 72.4 cm³/mol. The summed E-state index contributed by atoms with van der Waals surface area (Å²) in [6.07, 6.45) is -0.575. The first-order valence-electron chi connectivity index (χ1n) is 5.86. The minimum absolute atomic E-state index is 0. The first-order chi connectivity index (χ1) is 9.16. The second-order valence-electron chi connectivity index (χ2n) is 4.76. The van der Waals surface area contributed by atoms with Crippen molar-refractivity contribution in [3.8, 4) is 12.1 Å². The van der Waals surface area contributed by atoms with E-state index in [4.69, 9.17) is 20.7 Å². The summed E-state index contributed by atoms with van der Waals surface area (Å²) < 4.78 is 0. The molecule has 9 heteroatoms. The van der Waals surface area contributed by atoms with E-state index in [1.807, 2.05) is 12.1 Å². The zero-order valence-corrected chi connectivity index (χ0v) is 15.5. The Morgan fingerprint density at radius 2 is 1.24 bits per heavy atom. The molecule has 0 aromatic heterocycles. The van der Waals surface area contributed by atoms with Crippen LogP contribution < -0.4 is 0 Å². The molecule has 0 saturated heterocycles. The zero-order valence-electron chi connectivity index (χ0n) is 12.3. The van der Waals surface area contributed by atoms with Crippen LogP contribution in [0.15, 0.2) is 10.2 Å². The summed E-state index contributed by atoms with van der Waals surface area (Å²) in [6.45, 7) is 2.82. The number of nitrogens with zero attached hydrogens (tertiary/aromatic N) is 4. The number of aliphatic carboxylic acids is 2. The monoisotopic (exact) mass is 319 g/mol. The molecule has 0 aromatic carbocycles. The first kappa shape index (κ1) is 22.4. The molecule has 0 aliphatic rings. The van der Waals surface area contributed by atoms with E-state index in [2.05, 4.69) is 10.2 Å². The van der Waals surface area contributed by atoms with Crippen molar-refractivity contribution in [2.45, 2.75) is 50.6 Å². The van der Waals surface area contributed by atoms with Gasteiger partial charge in [0.25, 0.3) is 0 Å². The van der Waals surface area contributed by atoms with Crippen molar-refractivity contribution in [1.82, 2.24) is 0 Å². The molecule has 0 aromatic rings. The van der Waals surface area contributed by atoms with Crippen molar-refractivity contribution in [2.24, 2.45) is 10.2 Å². The van der Waals surface area contributed by atoms with Crippen LogP contribution in [0.5, 0.6) is 0 Å². The molecule has 0 aliphatic carbocycles. The molecule has 0 heterocycles. The molecule has 0 amide bonds. The normalized spacial score (nSPS) is 15.8. The number of hydrogen-bond acceptors (Lipinski definition) is 6. The molecule has 0 aliphatic heterocycles. The quantitative estimate of drug-likeness (QED) is 0.509. The zero-order chi connectivity index (χ0) is 15.8. The summed E-state index contributed by atoms with van der Waals surface area (Å²) in [7, 11) is 0. The molecule has 109 valence electrons. The third kappa shape index (κ3) is 9.66. The Kier molecular flexibility index (Phi) is 10.7. The van der Waals surface area contributed by atoms with E-state index in [0.29, 0.717) is 0 Å². The van der Waals surface area contributed by atoms with Gasteiger partial charge in [-0.05, 0) is 26.7 Å². The van der Waals surface area contributed by atoms with Crippen molar-refractivity contribution >= 4 is 63.3 Å². The van der Waals surface area contributed by atoms with Gasteiger partial charge in [-0.3, -0.25) is 9.59 Å². The maximum Gasteiger partial charge on any atom is 0.303 e. The largest absolute Gasteiger partial charge is 0.481 e. The number of carbonyl (C=O) groups is 2. The molecular weight excluding hydrogens is 303 g/mol. The van der Waals surface area contributed by atoms with Crippen LogP contribution in [-0.2, 0) is 9.59 Å². The molecule has 0 rings (SSSR count). The van der Waals surface area contributed by atoms with Gasteiger partial charge in [0.2, 0.25) is 0 Å². The Morgan fingerprint density at radius 3 is 1.43 bits per heavy atom. The second kappa shape index (κ2) is 9.98. The van der Waals surface area contributed by atoms with Crippen molar-refractivity contribution < 1.29 is 19.8 Å². The van der Waals surface area contributed by atoms with E-state index in [0.717, 1.165) is 0 Å². The van der Waals surface area contributed by atoms with Gasteiger partial charge in [0.05, 0.1) is 12.1 Å². The van der Waals surface area contributed by atoms with E-state index in [1.54, 1.807) is 0 Å². The Labute approximate surface area is 165 Å². The predicted octanol–water partition coefficient (Wildman–Crippen LogP) is 1.35. The van der Waals surface area contributed by atoms with Crippen LogP contribution in [0.2, 0.25) is 0 Å². The molecule has 0 bridgehead atoms. The Morgan fingerprint density at radius 1 is 0.952 bits per heavy atom. The van der Waals surface area contributed by atoms with Crippen LogP contribution in [0.3, 0.4) is 0 Å². The van der Waals surface area contributed by atoms with Gasteiger partial charge in [-0.2, -0.15) is 20.8 Å². The molecule has 0 fully saturated rings. The summed E-state index contributed by atoms with van der Waals surface area (Å²) >= 11 is 0. The number of nitriles is 2. The van der Waals surface area contributed by atoms with Crippen LogP contribution in [0.4, 0.5) is 0 Å². The maximum atomic E-state index is 10.5. The number of carboxylic acids is 2. The molecular formula is C12H16KN4O4. The minimum atomic E-state index is -1.35. The molecule has 1 radical (unpaired) electrons. The Hall–Kier alpha value is -0.844. The smallest absolute Gasteiger partial charge is 0.303 e. The molecule has 8 nitrogen and oxygen atoms in total. The van der Waals surface area contributed by atoms with E-state index >= 15 is 0 Å². The standard InChI is InChI=1S/C12H16N4O4.K/c1-11(7-13,5-3-9(17)18)15-16-12(2,8-14)6-4-10(19)20;/h3-6H2,1-2H3,(H,17,18)(H,19,20);. The minimum Gasteiger partial charge on any atom is -0.481 e. The van der Waals surface area contributed by atoms with Gasteiger partial charge >= 0.3 is 11.9 Å². The van der Waals surface area contributed by atoms with E-state index in [9.17, 15) is 9.59 Å². The topological polar surface area (TPSA) is 147 Å². The third-order valence-corrected chi connectivity index (χ3v) is 2.62. The second-order valence-corrected chi connectivity index (χ2v) is 4.76. The fourth-order valence-corrected chi connectivity index (χ4v) is 1.18. The van der Waals surface area contributed by atoms with Gasteiger partial charge in [0.1, 0.15) is 0 Å². The summed E-state index contributed by atoms with van der Waals surface area (Å²) in [5.41, 5.74) is -2.69. The Bertz CT molecular complexity index is 452. The van der Waals surface area contributed by atoms with E-state index in [-0.39, 0.29) is 77.1 Å². The van der Waals surface area contributed by atoms with Crippen LogP contribution in [-0.4, -0.2) is 84.6 Å². The Balaban J connectivity index is 0. The average molecular weight is 319 g/mol. The van der Waals surface area contributed by atoms with Gasteiger partial charge < -0.3 is 10.2 Å². The van der Waals surface area contributed by atoms with Gasteiger partial charge in [0.15, 0.2) is 11.1 Å². The van der Waals surface area contributed by atoms with Crippen molar-refractivity contribution in [3.63, 3.8) is 0 Å². The van der Waals surface area contributed by atoms with Crippen molar-refractivity contribution in [1.29, 1.82) is 10.5 Å². The van der Waals surface area contributed by atoms with Crippen molar-refractivity contribution in [3.05, 3.63) is 0 Å². The van der Waals surface area contributed by atoms with Gasteiger partial charge in [0, 0.05) is 64.2 Å². The SMILES string of the molecule is CC(C#N)(CCC(=O)O)N=NC(C)(C#N)CCC(=O)O.[K]. The summed E-state index contributed by atoms with van der Waals surface area (Å²) in [4.78, 5) is 21.0. The maximum absolute atomic E-state index is 10.5. The van der Waals surface area contributed by atoms with Crippen LogP contribution in [0.1, 0.15) is 39.5 Å². The van der Waals surface area contributed by atoms with Gasteiger partial charge in [-0.15, -0.1) is 0 Å². The van der Waals surface area contributed by atoms with Gasteiger partial charge in [-0.1, -0.05) is 0 Å². The summed E-state index contributed by atoms with van der Waals surface area (Å²) in [6, 6.07) is 3.69. The fourth-order valence-electron chi connectivity index (χ4n) is 1.18. The molecule has 0 spiro atoms. The molecule has 2 N–H and O–H groups in total. The van der Waals surface area contributed by atoms with Gasteiger partial charge in [-0.25, -0.2) is 0 Å². The number of carboxylic acid groups (broad SMARTS) is 2. The average Bonchev–Trinajstić information content (AvgIpc) is 2.41. The fraction of sp³-hybridized carbons (Fsp3) is 0.667. The van der Waals surface area contributed by atoms with E-state index in [1.165, 1.54) is 13.8 Å². The molecule has 2 atom stereocenters. The number of azo groups is 1. The number of rotatable bonds is 8. The summed E-state index contributed by atoms with van der Waals surface area (Å²) in [5.74, 6) is -2.12. The van der Waals surface area contributed by atoms with Crippen LogP contribution in [0, 0.1) is 22.7 Å². The summed E-state index contributed by atoms with van der Waals surface area (Å²) in [5, 5.41) is 42.7. The number of hydrogen-bond donors (Lipinski definition) is 2. The van der Waals surface area contributed by atoms with Crippen LogP contribution in [0.25, 0.3) is 0 Å².